The highest BCUT2D eigenvalue weighted by molar-refractivity contribution is 5.99. The first-order valence-electron chi connectivity index (χ1n) is 22.5. The zero-order valence-electron chi connectivity index (χ0n) is 39.5. The van der Waals surface area contributed by atoms with Gasteiger partial charge in [-0.1, -0.05) is 0 Å². The minimum Gasteiger partial charge on any atom is -0.354 e. The Hall–Kier alpha value is -6.80. The van der Waals surface area contributed by atoms with Crippen molar-refractivity contribution in [3.05, 3.63) is 145 Å². The topological polar surface area (TPSA) is 72.9 Å². The van der Waals surface area contributed by atoms with Crippen LogP contribution in [0.15, 0.2) is 122 Å². The number of aromatic nitrogens is 8. The summed E-state index contributed by atoms with van der Waals surface area (Å²) in [5.41, 5.74) is 15.3. The van der Waals surface area contributed by atoms with E-state index in [4.69, 9.17) is 9.97 Å². The molecule has 64 heavy (non-hydrogen) atoms. The van der Waals surface area contributed by atoms with E-state index in [0.717, 1.165) is 89.4 Å². The predicted octanol–water partition coefficient (Wildman–Crippen LogP) is 11.5. The normalized spacial score (nSPS) is 13.2. The fraction of sp³-hybridized carbons (Fsp3) is 0.286. The van der Waals surface area contributed by atoms with Gasteiger partial charge in [0.1, 0.15) is 0 Å². The minimum absolute atomic E-state index is 0.122. The van der Waals surface area contributed by atoms with Crippen molar-refractivity contribution in [3.8, 4) is 44.5 Å². The van der Waals surface area contributed by atoms with Crippen LogP contribution in [0, 0.1) is 0 Å². The van der Waals surface area contributed by atoms with Gasteiger partial charge in [0.15, 0.2) is 71.7 Å². The molecule has 0 fully saturated rings. The average Bonchev–Trinajstić information content (AvgIpc) is 4.08. The molecule has 2 N–H and O–H groups in total. The predicted molar refractivity (Wildman–Crippen MR) is 261 cm³/mol. The molecule has 0 saturated carbocycles. The van der Waals surface area contributed by atoms with Gasteiger partial charge >= 0.3 is 0 Å². The smallest absolute Gasteiger partial charge is 0.177 e. The summed E-state index contributed by atoms with van der Waals surface area (Å²) in [5.74, 6) is 0. The van der Waals surface area contributed by atoms with Gasteiger partial charge in [0.25, 0.3) is 0 Å². The van der Waals surface area contributed by atoms with E-state index in [1.165, 1.54) is 0 Å². The number of nitrogens with zero attached hydrogens (tertiary/aromatic N) is 6. The molecule has 0 amide bonds. The van der Waals surface area contributed by atoms with E-state index in [1.807, 2.05) is 0 Å². The van der Waals surface area contributed by atoms with Gasteiger partial charge in [0.2, 0.25) is 0 Å². The van der Waals surface area contributed by atoms with Crippen molar-refractivity contribution in [2.75, 3.05) is 0 Å². The Morgan fingerprint density at radius 3 is 0.750 bits per heavy atom. The van der Waals surface area contributed by atoms with Crippen molar-refractivity contribution in [2.45, 2.75) is 105 Å². The molecule has 7 aromatic rings. The summed E-state index contributed by atoms with van der Waals surface area (Å²) in [4.78, 5) is 19.1. The van der Waals surface area contributed by atoms with Crippen LogP contribution >= 0.6 is 0 Å². The first-order valence-corrected chi connectivity index (χ1v) is 22.5. The number of nitrogens with one attached hydrogen (secondary N) is 2. The Labute approximate surface area is 378 Å². The zero-order chi connectivity index (χ0) is 45.3. The third-order valence-corrected chi connectivity index (χ3v) is 12.2. The molecule has 8 nitrogen and oxygen atoms in total. The van der Waals surface area contributed by atoms with E-state index >= 15 is 0 Å². The number of hydrogen-bond acceptors (Lipinski definition) is 2. The molecule has 8 bridgehead atoms. The molecule has 0 spiro atoms. The highest BCUT2D eigenvalue weighted by Crippen LogP contribution is 2.38. The Bertz CT molecular complexity index is 2780. The maximum Gasteiger partial charge on any atom is 0.177 e. The van der Waals surface area contributed by atoms with Crippen LogP contribution in [0.25, 0.3) is 90.9 Å². The second-order valence-corrected chi connectivity index (χ2v) is 21.2. The second-order valence-electron chi connectivity index (χ2n) is 21.2. The molecule has 9 rings (SSSR count). The van der Waals surface area contributed by atoms with Crippen LogP contribution in [0.5, 0.6) is 0 Å². The minimum atomic E-state index is -0.122. The van der Waals surface area contributed by atoms with Gasteiger partial charge in [-0.3, -0.25) is 0 Å². The lowest BCUT2D eigenvalue weighted by atomic mass is 10.0. The first-order chi connectivity index (χ1) is 30.2. The standard InChI is InChI=1S/C56H62N8/c1-53(2,3)61-29-13-17-37(33-61)49-41-21-23-43(57-41)50(38-18-14-30-62(34-38)54(4,5)6)45-25-27-47(59-45)52(40-20-16-32-64(36-40)56(10,11)12)48-28-26-46(60-48)51(44-24-22-42(49)58-44)39-19-15-31-63(35-39)55(7,8)9/h13-36,57,60H,1-12H3/q+4. The molecule has 0 unspecified atom stereocenters. The van der Waals surface area contributed by atoms with Crippen molar-refractivity contribution in [1.82, 2.24) is 19.9 Å². The largest absolute Gasteiger partial charge is 0.354 e. The second kappa shape index (κ2) is 15.5. The highest BCUT2D eigenvalue weighted by Gasteiger charge is 2.28. The van der Waals surface area contributed by atoms with Crippen LogP contribution in [0.3, 0.4) is 0 Å². The highest BCUT2D eigenvalue weighted by atomic mass is 15.0. The molecular formula is C56H62N8+4. The van der Waals surface area contributed by atoms with E-state index in [9.17, 15) is 0 Å². The molecule has 0 atom stereocenters. The number of aromatic amines is 2. The molecule has 7 aromatic heterocycles. The fourth-order valence-corrected chi connectivity index (χ4v) is 8.58. The quantitative estimate of drug-likeness (QED) is 0.173. The van der Waals surface area contributed by atoms with Gasteiger partial charge in [0.05, 0.1) is 22.8 Å². The van der Waals surface area contributed by atoms with Gasteiger partial charge in [-0.25, -0.2) is 28.2 Å². The molecule has 0 radical (unpaired) electrons. The summed E-state index contributed by atoms with van der Waals surface area (Å²) in [6.45, 7) is 26.8. The van der Waals surface area contributed by atoms with Gasteiger partial charge in [-0.15, -0.1) is 0 Å². The molecular weight excluding hydrogens is 785 g/mol. The van der Waals surface area contributed by atoms with Crippen LogP contribution in [0.4, 0.5) is 0 Å². The molecule has 9 heterocycles. The lowest BCUT2D eigenvalue weighted by Gasteiger charge is -2.14. The lowest BCUT2D eigenvalue weighted by Crippen LogP contribution is -2.49. The number of pyridine rings is 4. The molecule has 8 heteroatoms. The molecule has 2 aliphatic heterocycles. The summed E-state index contributed by atoms with van der Waals surface area (Å²) in [6, 6.07) is 26.1. The Morgan fingerprint density at radius 2 is 0.547 bits per heavy atom. The van der Waals surface area contributed by atoms with Gasteiger partial charge in [-0.2, -0.15) is 0 Å². The summed E-state index contributed by atoms with van der Waals surface area (Å²) in [5, 5.41) is 0. The Morgan fingerprint density at radius 1 is 0.328 bits per heavy atom. The molecule has 0 aliphatic carbocycles. The summed E-state index contributed by atoms with van der Waals surface area (Å²) in [7, 11) is 0. The zero-order valence-corrected chi connectivity index (χ0v) is 39.5. The molecule has 2 aliphatic rings. The van der Waals surface area contributed by atoms with Gasteiger partial charge in [0, 0.05) is 174 Å². The first kappa shape index (κ1) is 42.5. The van der Waals surface area contributed by atoms with E-state index in [2.05, 4.69) is 258 Å². The van der Waals surface area contributed by atoms with Crippen molar-refractivity contribution < 1.29 is 18.3 Å². The van der Waals surface area contributed by atoms with Crippen molar-refractivity contribution in [1.29, 1.82) is 0 Å². The van der Waals surface area contributed by atoms with Crippen molar-refractivity contribution in [3.63, 3.8) is 0 Å². The lowest BCUT2D eigenvalue weighted by molar-refractivity contribution is -0.753. The summed E-state index contributed by atoms with van der Waals surface area (Å²) in [6.07, 6.45) is 26.3. The number of hydrogen-bond donors (Lipinski definition) is 2. The monoisotopic (exact) mass is 847 g/mol. The Kier molecular flexibility index (Phi) is 10.3. The van der Waals surface area contributed by atoms with Crippen LogP contribution in [-0.4, -0.2) is 19.9 Å². The summed E-state index contributed by atoms with van der Waals surface area (Å²) < 4.78 is 9.12. The van der Waals surface area contributed by atoms with Crippen LogP contribution in [-0.2, 0) is 22.2 Å². The number of H-pyrrole nitrogens is 2. The van der Waals surface area contributed by atoms with E-state index in [1.54, 1.807) is 0 Å². The maximum absolute atomic E-state index is 5.58. The number of rotatable bonds is 4. The average molecular weight is 847 g/mol. The summed E-state index contributed by atoms with van der Waals surface area (Å²) >= 11 is 0. The van der Waals surface area contributed by atoms with Crippen LogP contribution in [0.2, 0.25) is 0 Å². The van der Waals surface area contributed by atoms with Crippen LogP contribution in [0.1, 0.15) is 106 Å². The molecule has 0 saturated heterocycles. The van der Waals surface area contributed by atoms with Gasteiger partial charge < -0.3 is 9.97 Å². The molecule has 322 valence electrons. The van der Waals surface area contributed by atoms with Gasteiger partial charge in [-0.05, 0) is 72.8 Å². The third-order valence-electron chi connectivity index (χ3n) is 12.2. The fourth-order valence-electron chi connectivity index (χ4n) is 8.58. The number of fused-ring (bicyclic) bond motifs is 8. The van der Waals surface area contributed by atoms with E-state index < -0.39 is 0 Å². The van der Waals surface area contributed by atoms with Crippen LogP contribution < -0.4 is 18.3 Å². The third kappa shape index (κ3) is 8.13. The molecule has 0 aromatic carbocycles. The van der Waals surface area contributed by atoms with E-state index in [0.29, 0.717) is 0 Å². The SMILES string of the molecule is CC(C)(C)[n+]1cccc(-c2c3nc(c(-c4ccc[n+](C(C)(C)C)c4)c4ccc([nH]4)c(-c4ccc[n+](C(C)(C)C)c4)c4nc(c(-c5ccc[n+](C(C)(C)C)c5)c5ccc2[nH]5)C=C4)C=C3)c1. The maximum atomic E-state index is 5.58. The van der Waals surface area contributed by atoms with Crippen molar-refractivity contribution in [2.24, 2.45) is 0 Å². The van der Waals surface area contributed by atoms with E-state index in [-0.39, 0.29) is 22.2 Å². The van der Waals surface area contributed by atoms with Crippen molar-refractivity contribution >= 4 is 46.4 Å². The Balaban J connectivity index is 1.47.